The molecule has 1 amide bonds. The maximum Gasteiger partial charge on any atom is 0.247 e. The monoisotopic (exact) mass is 304 g/mol. The van der Waals surface area contributed by atoms with E-state index in [-0.39, 0.29) is 15.5 Å². The van der Waals surface area contributed by atoms with E-state index in [1.54, 1.807) is 6.07 Å². The predicted molar refractivity (Wildman–Crippen MR) is 76.5 cm³/mol. The molecule has 0 spiro atoms. The Labute approximate surface area is 118 Å². The largest absolute Gasteiger partial charge is 0.356 e. The minimum absolute atomic E-state index is 0.00993. The molecule has 0 aliphatic rings. The third-order valence-electron chi connectivity index (χ3n) is 2.30. The number of hydrogen-bond acceptors (Lipinski definition) is 4. The van der Waals surface area contributed by atoms with E-state index in [0.29, 0.717) is 19.4 Å². The molecule has 1 heterocycles. The van der Waals surface area contributed by atoms with Gasteiger partial charge in [-0.2, -0.15) is 0 Å². The van der Waals surface area contributed by atoms with Crippen molar-refractivity contribution < 1.29 is 13.2 Å². The molecule has 0 saturated carbocycles. The summed E-state index contributed by atoms with van der Waals surface area (Å²) in [6.45, 7) is 6.51. The number of hydrogen-bond donors (Lipinski definition) is 2. The predicted octanol–water partition coefficient (Wildman–Crippen LogP) is 1.49. The number of carbonyl (C=O) groups is 1. The van der Waals surface area contributed by atoms with Gasteiger partial charge in [-0.1, -0.05) is 20.8 Å². The Morgan fingerprint density at radius 2 is 2.00 bits per heavy atom. The van der Waals surface area contributed by atoms with Crippen LogP contribution in [0.2, 0.25) is 0 Å². The summed E-state index contributed by atoms with van der Waals surface area (Å²) in [6.07, 6.45) is 1.08. The van der Waals surface area contributed by atoms with Crippen LogP contribution in [0.4, 0.5) is 0 Å². The zero-order valence-electron chi connectivity index (χ0n) is 11.4. The molecule has 0 atom stereocenters. The van der Waals surface area contributed by atoms with Gasteiger partial charge in [0.25, 0.3) is 0 Å². The van der Waals surface area contributed by atoms with Crippen LogP contribution < -0.4 is 10.5 Å². The fraction of sp³-hybridized carbons (Fsp3) is 0.583. The van der Waals surface area contributed by atoms with Gasteiger partial charge >= 0.3 is 0 Å². The average molecular weight is 304 g/mol. The molecule has 5 nitrogen and oxygen atoms in total. The second-order valence-corrected chi connectivity index (χ2v) is 8.56. The lowest BCUT2D eigenvalue weighted by Crippen LogP contribution is -2.29. The van der Waals surface area contributed by atoms with Crippen molar-refractivity contribution in [3.63, 3.8) is 0 Å². The molecule has 0 unspecified atom stereocenters. The van der Waals surface area contributed by atoms with Crippen LogP contribution in [0.1, 0.15) is 32.1 Å². The van der Waals surface area contributed by atoms with E-state index in [2.05, 4.69) is 5.32 Å². The number of rotatable bonds is 5. The minimum atomic E-state index is -3.62. The summed E-state index contributed by atoms with van der Waals surface area (Å²) in [5.41, 5.74) is -0.0339. The number of amides is 1. The molecule has 0 radical (unpaired) electrons. The Kier molecular flexibility index (Phi) is 5.11. The zero-order chi connectivity index (χ0) is 14.7. The topological polar surface area (TPSA) is 89.3 Å². The standard InChI is InChI=1S/C12H20N2O3S2/c1-12(2,3)8-10(15)14-7-6-9-4-5-11(18-9)19(13,16)17/h4-5H,6-8H2,1-3H3,(H,14,15)(H2,13,16,17). The number of primary sulfonamides is 1. The van der Waals surface area contributed by atoms with Gasteiger partial charge in [0.15, 0.2) is 0 Å². The lowest BCUT2D eigenvalue weighted by atomic mass is 9.92. The lowest BCUT2D eigenvalue weighted by molar-refractivity contribution is -0.122. The Hall–Kier alpha value is -0.920. The number of nitrogens with one attached hydrogen (secondary N) is 1. The minimum Gasteiger partial charge on any atom is -0.356 e. The third kappa shape index (κ3) is 6.17. The molecular formula is C12H20N2O3S2. The molecule has 108 valence electrons. The first kappa shape index (κ1) is 16.1. The van der Waals surface area contributed by atoms with Crippen LogP contribution >= 0.6 is 11.3 Å². The van der Waals surface area contributed by atoms with Gasteiger partial charge in [0.1, 0.15) is 4.21 Å². The number of thiophene rings is 1. The van der Waals surface area contributed by atoms with E-state index in [0.717, 1.165) is 16.2 Å². The Bertz CT molecular complexity index is 542. The van der Waals surface area contributed by atoms with E-state index in [9.17, 15) is 13.2 Å². The lowest BCUT2D eigenvalue weighted by Gasteiger charge is -2.17. The molecule has 1 aromatic heterocycles. The van der Waals surface area contributed by atoms with Gasteiger partial charge in [-0.3, -0.25) is 4.79 Å². The fourth-order valence-electron chi connectivity index (χ4n) is 1.51. The second-order valence-electron chi connectivity index (χ2n) is 5.60. The van der Waals surface area contributed by atoms with Crippen LogP contribution in [-0.4, -0.2) is 20.9 Å². The van der Waals surface area contributed by atoms with Gasteiger partial charge in [0, 0.05) is 17.8 Å². The number of carbonyl (C=O) groups excluding carboxylic acids is 1. The molecule has 0 aliphatic carbocycles. The van der Waals surface area contributed by atoms with Gasteiger partial charge in [-0.25, -0.2) is 13.6 Å². The Morgan fingerprint density at radius 1 is 1.37 bits per heavy atom. The molecule has 0 fully saturated rings. The summed E-state index contributed by atoms with van der Waals surface area (Å²) >= 11 is 1.14. The van der Waals surface area contributed by atoms with Gasteiger partial charge in [-0.05, 0) is 24.0 Å². The summed E-state index contributed by atoms with van der Waals surface area (Å²) in [5, 5.41) is 7.85. The third-order valence-corrected chi connectivity index (χ3v) is 4.89. The second kappa shape index (κ2) is 6.02. The van der Waals surface area contributed by atoms with Crippen LogP contribution in [0, 0.1) is 5.41 Å². The van der Waals surface area contributed by atoms with Crippen molar-refractivity contribution in [3.8, 4) is 0 Å². The normalized spacial score (nSPS) is 12.4. The van der Waals surface area contributed by atoms with Crippen molar-refractivity contribution in [1.82, 2.24) is 5.32 Å². The zero-order valence-corrected chi connectivity index (χ0v) is 13.0. The SMILES string of the molecule is CC(C)(C)CC(=O)NCCc1ccc(S(N)(=O)=O)s1. The molecule has 1 aromatic rings. The highest BCUT2D eigenvalue weighted by molar-refractivity contribution is 7.91. The first-order valence-electron chi connectivity index (χ1n) is 5.96. The van der Waals surface area contributed by atoms with Crippen molar-refractivity contribution in [3.05, 3.63) is 17.0 Å². The van der Waals surface area contributed by atoms with E-state index in [1.807, 2.05) is 20.8 Å². The summed E-state index contributed by atoms with van der Waals surface area (Å²) in [7, 11) is -3.62. The fourth-order valence-corrected chi connectivity index (χ4v) is 3.29. The molecule has 0 aliphatic heterocycles. The van der Waals surface area contributed by atoms with Crippen molar-refractivity contribution in [2.24, 2.45) is 10.6 Å². The van der Waals surface area contributed by atoms with E-state index < -0.39 is 10.0 Å². The maximum atomic E-state index is 11.6. The summed E-state index contributed by atoms with van der Waals surface area (Å²) in [4.78, 5) is 12.5. The van der Waals surface area contributed by atoms with Gasteiger partial charge in [-0.15, -0.1) is 11.3 Å². The Morgan fingerprint density at radius 3 is 2.47 bits per heavy atom. The van der Waals surface area contributed by atoms with Crippen molar-refractivity contribution in [2.75, 3.05) is 6.54 Å². The van der Waals surface area contributed by atoms with Crippen LogP contribution in [0.5, 0.6) is 0 Å². The van der Waals surface area contributed by atoms with Crippen molar-refractivity contribution >= 4 is 27.3 Å². The summed E-state index contributed by atoms with van der Waals surface area (Å²) < 4.78 is 22.4. The molecule has 0 aromatic carbocycles. The molecule has 0 saturated heterocycles. The summed E-state index contributed by atoms with van der Waals surface area (Å²) in [6, 6.07) is 3.21. The highest BCUT2D eigenvalue weighted by Gasteiger charge is 2.15. The maximum absolute atomic E-state index is 11.6. The number of nitrogens with two attached hydrogens (primary N) is 1. The highest BCUT2D eigenvalue weighted by atomic mass is 32.2. The van der Waals surface area contributed by atoms with E-state index in [4.69, 9.17) is 5.14 Å². The average Bonchev–Trinajstić information content (AvgIpc) is 2.62. The van der Waals surface area contributed by atoms with Crippen molar-refractivity contribution in [1.29, 1.82) is 0 Å². The molecule has 3 N–H and O–H groups in total. The first-order valence-corrected chi connectivity index (χ1v) is 8.32. The van der Waals surface area contributed by atoms with Gasteiger partial charge < -0.3 is 5.32 Å². The molecule has 1 rings (SSSR count). The quantitative estimate of drug-likeness (QED) is 0.863. The molecule has 19 heavy (non-hydrogen) atoms. The smallest absolute Gasteiger partial charge is 0.247 e. The van der Waals surface area contributed by atoms with E-state index >= 15 is 0 Å². The summed E-state index contributed by atoms with van der Waals surface area (Å²) in [5.74, 6) is 0.00993. The van der Waals surface area contributed by atoms with Gasteiger partial charge in [0.2, 0.25) is 15.9 Å². The van der Waals surface area contributed by atoms with Gasteiger partial charge in [0.05, 0.1) is 0 Å². The molecular weight excluding hydrogens is 284 g/mol. The van der Waals surface area contributed by atoms with Crippen molar-refractivity contribution in [2.45, 2.75) is 37.8 Å². The molecule has 0 bridgehead atoms. The Balaban J connectivity index is 2.42. The van der Waals surface area contributed by atoms with Crippen LogP contribution in [0.25, 0.3) is 0 Å². The van der Waals surface area contributed by atoms with Crippen LogP contribution in [0.15, 0.2) is 16.3 Å². The van der Waals surface area contributed by atoms with Crippen LogP contribution in [0.3, 0.4) is 0 Å². The van der Waals surface area contributed by atoms with Crippen LogP contribution in [-0.2, 0) is 21.2 Å². The molecule has 7 heteroatoms. The highest BCUT2D eigenvalue weighted by Crippen LogP contribution is 2.20. The first-order chi connectivity index (χ1) is 8.58. The van der Waals surface area contributed by atoms with E-state index in [1.165, 1.54) is 6.07 Å². The number of sulfonamides is 1.